The van der Waals surface area contributed by atoms with Gasteiger partial charge in [0, 0.05) is 39.4 Å². The third kappa shape index (κ3) is 3.58. The number of benzene rings is 1. The van der Waals surface area contributed by atoms with Crippen LogP contribution in [0.25, 0.3) is 0 Å². The van der Waals surface area contributed by atoms with Crippen LogP contribution < -0.4 is 10.2 Å². The summed E-state index contributed by atoms with van der Waals surface area (Å²) in [6.45, 7) is 5.57. The molecule has 1 unspecified atom stereocenters. The number of piperazine rings is 1. The normalized spacial score (nSPS) is 20.6. The molecule has 0 saturated carbocycles. The van der Waals surface area contributed by atoms with Crippen LogP contribution in [0.1, 0.15) is 19.8 Å². The Kier molecular flexibility index (Phi) is 5.11. The minimum absolute atomic E-state index is 0.645. The summed E-state index contributed by atoms with van der Waals surface area (Å²) >= 11 is 5.96. The quantitative estimate of drug-likeness (QED) is 0.768. The van der Waals surface area contributed by atoms with Crippen molar-refractivity contribution < 1.29 is 0 Å². The van der Waals surface area contributed by atoms with Crippen molar-refractivity contribution in [3.63, 3.8) is 0 Å². The Labute approximate surface area is 125 Å². The monoisotopic (exact) mass is 408 g/mol. The summed E-state index contributed by atoms with van der Waals surface area (Å²) in [5, 5.41) is 3.59. The van der Waals surface area contributed by atoms with E-state index < -0.39 is 0 Å². The van der Waals surface area contributed by atoms with E-state index in [0.29, 0.717) is 6.04 Å². The maximum absolute atomic E-state index is 3.61. The van der Waals surface area contributed by atoms with Crippen LogP contribution in [0, 0.1) is 3.57 Å². The average Bonchev–Trinajstić information content (AvgIpc) is 2.33. The first kappa shape index (κ1) is 13.6. The molecule has 1 aliphatic heterocycles. The summed E-state index contributed by atoms with van der Waals surface area (Å²) in [6.07, 6.45) is 2.52. The summed E-state index contributed by atoms with van der Waals surface area (Å²) < 4.78 is 2.47. The molecule has 1 atom stereocenters. The second kappa shape index (κ2) is 6.38. The second-order valence-corrected chi connectivity index (χ2v) is 6.50. The predicted molar refractivity (Wildman–Crippen MR) is 85.8 cm³/mol. The first-order valence-electron chi connectivity index (χ1n) is 6.14. The van der Waals surface area contributed by atoms with E-state index in [4.69, 9.17) is 0 Å². The molecule has 1 aromatic rings. The largest absolute Gasteiger partial charge is 0.369 e. The molecule has 1 N–H and O–H groups in total. The van der Waals surface area contributed by atoms with Crippen LogP contribution in [0.3, 0.4) is 0 Å². The highest BCUT2D eigenvalue weighted by molar-refractivity contribution is 14.1. The standard InChI is InChI=1S/C13H18BrIN2/c1-2-3-10-9-17(7-6-16-10)11-4-5-13(15)12(14)8-11/h4-5,8,10,16H,2-3,6-7,9H2,1H3. The van der Waals surface area contributed by atoms with E-state index in [1.54, 1.807) is 0 Å². The van der Waals surface area contributed by atoms with Gasteiger partial charge in [-0.05, 0) is 63.1 Å². The zero-order valence-electron chi connectivity index (χ0n) is 10.0. The Morgan fingerprint density at radius 1 is 1.53 bits per heavy atom. The summed E-state index contributed by atoms with van der Waals surface area (Å²) in [6, 6.07) is 7.28. The molecule has 2 nitrogen and oxygen atoms in total. The number of halogens is 2. The van der Waals surface area contributed by atoms with Gasteiger partial charge in [0.2, 0.25) is 0 Å². The van der Waals surface area contributed by atoms with Gasteiger partial charge in [-0.15, -0.1) is 0 Å². The lowest BCUT2D eigenvalue weighted by molar-refractivity contribution is 0.431. The van der Waals surface area contributed by atoms with Gasteiger partial charge in [-0.25, -0.2) is 0 Å². The van der Waals surface area contributed by atoms with Crippen LogP contribution >= 0.6 is 38.5 Å². The second-order valence-electron chi connectivity index (χ2n) is 4.48. The van der Waals surface area contributed by atoms with Gasteiger partial charge in [0.15, 0.2) is 0 Å². The SMILES string of the molecule is CCCC1CN(c2ccc(I)c(Br)c2)CCN1. The number of hydrogen-bond acceptors (Lipinski definition) is 2. The smallest absolute Gasteiger partial charge is 0.0379 e. The molecule has 1 fully saturated rings. The van der Waals surface area contributed by atoms with Gasteiger partial charge in [-0.2, -0.15) is 0 Å². The molecule has 2 rings (SSSR count). The predicted octanol–water partition coefficient (Wildman–Crippen LogP) is 3.63. The van der Waals surface area contributed by atoms with Gasteiger partial charge in [0.1, 0.15) is 0 Å². The van der Waals surface area contributed by atoms with Crippen LogP contribution in [-0.4, -0.2) is 25.7 Å². The van der Waals surface area contributed by atoms with Crippen molar-refractivity contribution >= 4 is 44.2 Å². The minimum Gasteiger partial charge on any atom is -0.369 e. The van der Waals surface area contributed by atoms with Gasteiger partial charge < -0.3 is 10.2 Å². The highest BCUT2D eigenvalue weighted by Gasteiger charge is 2.18. The van der Waals surface area contributed by atoms with Crippen molar-refractivity contribution in [2.75, 3.05) is 24.5 Å². The van der Waals surface area contributed by atoms with Crippen molar-refractivity contribution in [3.8, 4) is 0 Å². The fraction of sp³-hybridized carbons (Fsp3) is 0.538. The van der Waals surface area contributed by atoms with Gasteiger partial charge in [-0.1, -0.05) is 13.3 Å². The molecule has 0 aromatic heterocycles. The average molecular weight is 409 g/mol. The Morgan fingerprint density at radius 2 is 2.35 bits per heavy atom. The lowest BCUT2D eigenvalue weighted by atomic mass is 10.1. The molecule has 0 radical (unpaired) electrons. The first-order chi connectivity index (χ1) is 8.20. The van der Waals surface area contributed by atoms with Crippen molar-refractivity contribution in [3.05, 3.63) is 26.2 Å². The molecule has 1 aromatic carbocycles. The van der Waals surface area contributed by atoms with Crippen molar-refractivity contribution in [2.24, 2.45) is 0 Å². The van der Waals surface area contributed by atoms with E-state index in [2.05, 4.69) is 73.9 Å². The third-order valence-electron chi connectivity index (χ3n) is 3.16. The molecule has 94 valence electrons. The van der Waals surface area contributed by atoms with Gasteiger partial charge in [0.05, 0.1) is 0 Å². The number of nitrogens with zero attached hydrogens (tertiary/aromatic N) is 1. The molecular weight excluding hydrogens is 391 g/mol. The van der Waals surface area contributed by atoms with Crippen LogP contribution in [-0.2, 0) is 0 Å². The van der Waals surface area contributed by atoms with E-state index in [1.807, 2.05) is 0 Å². The Balaban J connectivity index is 2.08. The highest BCUT2D eigenvalue weighted by atomic mass is 127. The van der Waals surface area contributed by atoms with Crippen LogP contribution in [0.15, 0.2) is 22.7 Å². The van der Waals surface area contributed by atoms with Crippen LogP contribution in [0.2, 0.25) is 0 Å². The molecule has 0 amide bonds. The summed E-state index contributed by atoms with van der Waals surface area (Å²) in [4.78, 5) is 2.48. The fourth-order valence-electron chi connectivity index (χ4n) is 2.28. The van der Waals surface area contributed by atoms with E-state index in [9.17, 15) is 0 Å². The molecule has 1 aliphatic rings. The van der Waals surface area contributed by atoms with E-state index in [1.165, 1.54) is 26.6 Å². The van der Waals surface area contributed by atoms with Crippen molar-refractivity contribution in [1.29, 1.82) is 0 Å². The van der Waals surface area contributed by atoms with Gasteiger partial charge in [-0.3, -0.25) is 0 Å². The first-order valence-corrected chi connectivity index (χ1v) is 8.01. The van der Waals surface area contributed by atoms with Crippen LogP contribution in [0.5, 0.6) is 0 Å². The summed E-state index contributed by atoms with van der Waals surface area (Å²) in [5.41, 5.74) is 1.33. The fourth-order valence-corrected chi connectivity index (χ4v) is 2.99. The van der Waals surface area contributed by atoms with Crippen LogP contribution in [0.4, 0.5) is 5.69 Å². The molecule has 0 spiro atoms. The van der Waals surface area contributed by atoms with E-state index >= 15 is 0 Å². The van der Waals surface area contributed by atoms with Gasteiger partial charge >= 0.3 is 0 Å². The maximum Gasteiger partial charge on any atom is 0.0379 e. The molecule has 0 bridgehead atoms. The molecule has 1 heterocycles. The Morgan fingerprint density at radius 3 is 3.06 bits per heavy atom. The van der Waals surface area contributed by atoms with Gasteiger partial charge in [0.25, 0.3) is 0 Å². The number of nitrogens with one attached hydrogen (secondary N) is 1. The summed E-state index contributed by atoms with van der Waals surface area (Å²) in [5.74, 6) is 0. The van der Waals surface area contributed by atoms with E-state index in [-0.39, 0.29) is 0 Å². The Hall–Kier alpha value is 0.190. The molecule has 1 saturated heterocycles. The molecular formula is C13H18BrIN2. The zero-order chi connectivity index (χ0) is 12.3. The molecule has 4 heteroatoms. The van der Waals surface area contributed by atoms with Crippen molar-refractivity contribution in [1.82, 2.24) is 5.32 Å². The third-order valence-corrected chi connectivity index (χ3v) is 5.50. The zero-order valence-corrected chi connectivity index (χ0v) is 13.8. The summed E-state index contributed by atoms with van der Waals surface area (Å²) in [7, 11) is 0. The Bertz CT molecular complexity index is 382. The molecule has 17 heavy (non-hydrogen) atoms. The van der Waals surface area contributed by atoms with E-state index in [0.717, 1.165) is 19.6 Å². The minimum atomic E-state index is 0.645. The highest BCUT2D eigenvalue weighted by Crippen LogP contribution is 2.26. The number of rotatable bonds is 3. The molecule has 0 aliphatic carbocycles. The number of anilines is 1. The lowest BCUT2D eigenvalue weighted by Crippen LogP contribution is -2.50. The topological polar surface area (TPSA) is 15.3 Å². The lowest BCUT2D eigenvalue weighted by Gasteiger charge is -2.35. The van der Waals surface area contributed by atoms with Crippen molar-refractivity contribution in [2.45, 2.75) is 25.8 Å². The maximum atomic E-state index is 3.61. The number of hydrogen-bond donors (Lipinski definition) is 1.